The third-order valence-electron chi connectivity index (χ3n) is 3.54. The molecule has 14 heavy (non-hydrogen) atoms. The van der Waals surface area contributed by atoms with Crippen LogP contribution in [0.3, 0.4) is 0 Å². The summed E-state index contributed by atoms with van der Waals surface area (Å²) < 4.78 is 0. The summed E-state index contributed by atoms with van der Waals surface area (Å²) in [5, 5.41) is 3.71. The first kappa shape index (κ1) is 10.6. The van der Waals surface area contributed by atoms with Gasteiger partial charge in [-0.1, -0.05) is 19.1 Å². The largest absolute Gasteiger partial charge is 0.313 e. The number of thioether (sulfide) groups is 1. The Morgan fingerprint density at radius 3 is 3.14 bits per heavy atom. The van der Waals surface area contributed by atoms with Gasteiger partial charge in [0.1, 0.15) is 0 Å². The predicted molar refractivity (Wildman–Crippen MR) is 64.7 cm³/mol. The van der Waals surface area contributed by atoms with Crippen molar-refractivity contribution in [1.29, 1.82) is 0 Å². The van der Waals surface area contributed by atoms with Gasteiger partial charge in [0.05, 0.1) is 0 Å². The molecule has 1 saturated carbocycles. The highest BCUT2D eigenvalue weighted by molar-refractivity contribution is 7.98. The van der Waals surface area contributed by atoms with Crippen LogP contribution in [0.2, 0.25) is 0 Å². The molecule has 2 aliphatic rings. The van der Waals surface area contributed by atoms with Crippen LogP contribution in [0, 0.1) is 17.8 Å². The van der Waals surface area contributed by atoms with Crippen LogP contribution in [-0.4, -0.2) is 24.6 Å². The lowest BCUT2D eigenvalue weighted by Crippen LogP contribution is -2.49. The monoisotopic (exact) mass is 211 g/mol. The second-order valence-electron chi connectivity index (χ2n) is 4.81. The van der Waals surface area contributed by atoms with Gasteiger partial charge in [-0.3, -0.25) is 0 Å². The van der Waals surface area contributed by atoms with E-state index in [1.807, 2.05) is 11.8 Å². The Labute approximate surface area is 91.7 Å². The summed E-state index contributed by atoms with van der Waals surface area (Å²) in [6, 6.07) is 0.794. The van der Waals surface area contributed by atoms with Crippen LogP contribution in [-0.2, 0) is 0 Å². The Kier molecular flexibility index (Phi) is 3.56. The molecule has 4 unspecified atom stereocenters. The summed E-state index contributed by atoms with van der Waals surface area (Å²) >= 11 is 1.95. The highest BCUT2D eigenvalue weighted by Crippen LogP contribution is 2.42. The zero-order valence-electron chi connectivity index (χ0n) is 9.20. The van der Waals surface area contributed by atoms with Crippen LogP contribution in [0.1, 0.15) is 19.8 Å². The maximum atomic E-state index is 3.71. The van der Waals surface area contributed by atoms with Crippen molar-refractivity contribution in [1.82, 2.24) is 5.32 Å². The van der Waals surface area contributed by atoms with Crippen LogP contribution < -0.4 is 5.32 Å². The van der Waals surface area contributed by atoms with Crippen molar-refractivity contribution in [2.75, 3.05) is 18.6 Å². The SMILES string of the molecule is CSCC(C)CNC1CC2CC=CC21. The minimum absolute atomic E-state index is 0.794. The van der Waals surface area contributed by atoms with Crippen molar-refractivity contribution in [3.63, 3.8) is 0 Å². The number of hydrogen-bond donors (Lipinski definition) is 1. The molecule has 0 amide bonds. The lowest BCUT2D eigenvalue weighted by atomic mass is 9.71. The molecule has 4 atom stereocenters. The quantitative estimate of drug-likeness (QED) is 0.701. The fraction of sp³-hybridized carbons (Fsp3) is 0.833. The molecule has 0 radical (unpaired) electrons. The molecule has 2 aliphatic carbocycles. The smallest absolute Gasteiger partial charge is 0.0136 e. The lowest BCUT2D eigenvalue weighted by Gasteiger charge is -2.41. The van der Waals surface area contributed by atoms with Crippen LogP contribution in [0.25, 0.3) is 0 Å². The third-order valence-corrected chi connectivity index (χ3v) is 4.44. The number of hydrogen-bond acceptors (Lipinski definition) is 2. The summed E-state index contributed by atoms with van der Waals surface area (Å²) in [6.07, 6.45) is 9.72. The predicted octanol–water partition coefficient (Wildman–Crippen LogP) is 2.54. The van der Waals surface area contributed by atoms with Crippen molar-refractivity contribution in [3.05, 3.63) is 12.2 Å². The average Bonchev–Trinajstić information content (AvgIpc) is 2.48. The van der Waals surface area contributed by atoms with E-state index in [-0.39, 0.29) is 0 Å². The Morgan fingerprint density at radius 1 is 1.57 bits per heavy atom. The Bertz CT molecular complexity index is 214. The van der Waals surface area contributed by atoms with Crippen molar-refractivity contribution in [2.45, 2.75) is 25.8 Å². The van der Waals surface area contributed by atoms with E-state index in [1.54, 1.807) is 0 Å². The Morgan fingerprint density at radius 2 is 2.43 bits per heavy atom. The fourth-order valence-electron chi connectivity index (χ4n) is 2.64. The van der Waals surface area contributed by atoms with E-state index in [2.05, 4.69) is 30.6 Å². The van der Waals surface area contributed by atoms with Gasteiger partial charge in [-0.05, 0) is 49.1 Å². The molecule has 0 bridgehead atoms. The molecule has 80 valence electrons. The highest BCUT2D eigenvalue weighted by Gasteiger charge is 2.40. The van der Waals surface area contributed by atoms with Crippen molar-refractivity contribution >= 4 is 11.8 Å². The molecule has 1 N–H and O–H groups in total. The maximum absolute atomic E-state index is 3.71. The first-order chi connectivity index (χ1) is 6.81. The molecule has 0 saturated heterocycles. The Balaban J connectivity index is 1.65. The van der Waals surface area contributed by atoms with E-state index >= 15 is 0 Å². The van der Waals surface area contributed by atoms with Crippen LogP contribution >= 0.6 is 11.8 Å². The number of allylic oxidation sites excluding steroid dienone is 1. The van der Waals surface area contributed by atoms with Crippen molar-refractivity contribution < 1.29 is 0 Å². The van der Waals surface area contributed by atoms with E-state index in [0.717, 1.165) is 23.8 Å². The number of fused-ring (bicyclic) bond motifs is 1. The molecule has 0 aromatic heterocycles. The van der Waals surface area contributed by atoms with Gasteiger partial charge < -0.3 is 5.32 Å². The molecule has 1 fully saturated rings. The summed E-state index contributed by atoms with van der Waals surface area (Å²) in [5.74, 6) is 3.96. The average molecular weight is 211 g/mol. The fourth-order valence-corrected chi connectivity index (χ4v) is 3.33. The first-order valence-corrected chi connectivity index (χ1v) is 7.09. The minimum Gasteiger partial charge on any atom is -0.313 e. The molecule has 0 heterocycles. The minimum atomic E-state index is 0.794. The maximum Gasteiger partial charge on any atom is 0.0136 e. The molecule has 2 rings (SSSR count). The Hall–Kier alpha value is 0.0500. The molecule has 0 aromatic rings. The van der Waals surface area contributed by atoms with Gasteiger partial charge in [-0.2, -0.15) is 11.8 Å². The topological polar surface area (TPSA) is 12.0 Å². The standard InChI is InChI=1S/C12H21NS/c1-9(8-14-2)7-13-12-6-10-4-3-5-11(10)12/h3,5,9-13H,4,6-8H2,1-2H3. The summed E-state index contributed by atoms with van der Waals surface area (Å²) in [7, 11) is 0. The highest BCUT2D eigenvalue weighted by atomic mass is 32.2. The number of nitrogens with one attached hydrogen (secondary N) is 1. The van der Waals surface area contributed by atoms with E-state index in [4.69, 9.17) is 0 Å². The zero-order chi connectivity index (χ0) is 9.97. The normalized spacial score (nSPS) is 36.6. The van der Waals surface area contributed by atoms with Crippen molar-refractivity contribution in [2.24, 2.45) is 17.8 Å². The van der Waals surface area contributed by atoms with Gasteiger partial charge in [-0.15, -0.1) is 0 Å². The van der Waals surface area contributed by atoms with Gasteiger partial charge >= 0.3 is 0 Å². The van der Waals surface area contributed by atoms with E-state index in [0.29, 0.717) is 0 Å². The molecular weight excluding hydrogens is 190 g/mol. The second-order valence-corrected chi connectivity index (χ2v) is 5.72. The molecule has 2 heteroatoms. The van der Waals surface area contributed by atoms with Crippen LogP contribution in [0.5, 0.6) is 0 Å². The molecule has 0 aromatic carbocycles. The number of rotatable bonds is 5. The van der Waals surface area contributed by atoms with Crippen LogP contribution in [0.4, 0.5) is 0 Å². The van der Waals surface area contributed by atoms with Gasteiger partial charge in [0.2, 0.25) is 0 Å². The summed E-state index contributed by atoms with van der Waals surface area (Å²) in [6.45, 7) is 3.53. The summed E-state index contributed by atoms with van der Waals surface area (Å²) in [5.41, 5.74) is 0. The van der Waals surface area contributed by atoms with E-state index < -0.39 is 0 Å². The van der Waals surface area contributed by atoms with Crippen LogP contribution in [0.15, 0.2) is 12.2 Å². The molecule has 0 aliphatic heterocycles. The molecular formula is C12H21NS. The molecule has 0 spiro atoms. The lowest BCUT2D eigenvalue weighted by molar-refractivity contribution is 0.160. The van der Waals surface area contributed by atoms with Crippen molar-refractivity contribution in [3.8, 4) is 0 Å². The zero-order valence-corrected chi connectivity index (χ0v) is 10.0. The van der Waals surface area contributed by atoms with E-state index in [1.165, 1.54) is 25.1 Å². The van der Waals surface area contributed by atoms with Gasteiger partial charge in [0.25, 0.3) is 0 Å². The second kappa shape index (κ2) is 4.71. The molecule has 1 nitrogen and oxygen atoms in total. The van der Waals surface area contributed by atoms with Gasteiger partial charge in [0, 0.05) is 6.04 Å². The third kappa shape index (κ3) is 2.17. The van der Waals surface area contributed by atoms with Gasteiger partial charge in [-0.25, -0.2) is 0 Å². The first-order valence-electron chi connectivity index (χ1n) is 5.70. The van der Waals surface area contributed by atoms with E-state index in [9.17, 15) is 0 Å². The van der Waals surface area contributed by atoms with Gasteiger partial charge in [0.15, 0.2) is 0 Å². The summed E-state index contributed by atoms with van der Waals surface area (Å²) in [4.78, 5) is 0.